The van der Waals surface area contributed by atoms with Crippen molar-refractivity contribution < 1.29 is 23.4 Å². The smallest absolute Gasteiger partial charge is 0.335 e. The SMILES string of the molecule is O=C(O)c1cc(Cl)nc(Oc2cc(F)ccc2F)c1. The molecule has 0 amide bonds. The number of pyridine rings is 1. The van der Waals surface area contributed by atoms with Gasteiger partial charge in [-0.1, -0.05) is 11.6 Å². The second-order valence-electron chi connectivity index (χ2n) is 3.50. The summed E-state index contributed by atoms with van der Waals surface area (Å²) in [7, 11) is 0. The van der Waals surface area contributed by atoms with Crippen LogP contribution in [0.2, 0.25) is 5.15 Å². The Morgan fingerprint density at radius 1 is 1.26 bits per heavy atom. The Morgan fingerprint density at radius 3 is 2.68 bits per heavy atom. The van der Waals surface area contributed by atoms with Gasteiger partial charge in [-0.05, 0) is 18.2 Å². The van der Waals surface area contributed by atoms with Crippen LogP contribution in [0, 0.1) is 11.6 Å². The average Bonchev–Trinajstić information content (AvgIpc) is 2.33. The van der Waals surface area contributed by atoms with Crippen LogP contribution in [0.3, 0.4) is 0 Å². The molecule has 0 aliphatic carbocycles. The van der Waals surface area contributed by atoms with Gasteiger partial charge in [0.2, 0.25) is 5.88 Å². The molecule has 2 aromatic rings. The first-order valence-corrected chi connectivity index (χ1v) is 5.37. The Bertz CT molecular complexity index is 649. The normalized spacial score (nSPS) is 10.3. The van der Waals surface area contributed by atoms with E-state index in [1.807, 2.05) is 0 Å². The number of rotatable bonds is 3. The maximum atomic E-state index is 13.3. The summed E-state index contributed by atoms with van der Waals surface area (Å²) in [6.07, 6.45) is 0. The monoisotopic (exact) mass is 285 g/mol. The van der Waals surface area contributed by atoms with Gasteiger partial charge in [0, 0.05) is 12.1 Å². The van der Waals surface area contributed by atoms with Crippen LogP contribution in [0.25, 0.3) is 0 Å². The zero-order valence-electron chi connectivity index (χ0n) is 9.23. The Balaban J connectivity index is 2.38. The topological polar surface area (TPSA) is 59.4 Å². The van der Waals surface area contributed by atoms with E-state index in [0.29, 0.717) is 0 Å². The van der Waals surface area contributed by atoms with Gasteiger partial charge in [0.15, 0.2) is 11.6 Å². The van der Waals surface area contributed by atoms with E-state index in [-0.39, 0.29) is 16.6 Å². The molecule has 1 aromatic carbocycles. The molecule has 0 atom stereocenters. The lowest BCUT2D eigenvalue weighted by molar-refractivity contribution is 0.0696. The predicted octanol–water partition coefficient (Wildman–Crippen LogP) is 3.50. The van der Waals surface area contributed by atoms with Crippen LogP contribution in [0.15, 0.2) is 30.3 Å². The van der Waals surface area contributed by atoms with E-state index in [9.17, 15) is 13.6 Å². The van der Waals surface area contributed by atoms with Crippen LogP contribution >= 0.6 is 11.6 Å². The summed E-state index contributed by atoms with van der Waals surface area (Å²) in [5.74, 6) is -3.40. The van der Waals surface area contributed by atoms with E-state index >= 15 is 0 Å². The number of aromatic nitrogens is 1. The highest BCUT2D eigenvalue weighted by Gasteiger charge is 2.11. The van der Waals surface area contributed by atoms with Crippen molar-refractivity contribution in [2.24, 2.45) is 0 Å². The quantitative estimate of drug-likeness (QED) is 0.877. The molecule has 1 aromatic heterocycles. The number of hydrogen-bond donors (Lipinski definition) is 1. The van der Waals surface area contributed by atoms with Gasteiger partial charge in [0.25, 0.3) is 0 Å². The Labute approximate surface area is 111 Å². The molecule has 19 heavy (non-hydrogen) atoms. The van der Waals surface area contributed by atoms with Crippen molar-refractivity contribution in [3.05, 3.63) is 52.7 Å². The number of aromatic carboxylic acids is 1. The summed E-state index contributed by atoms with van der Waals surface area (Å²) in [6.45, 7) is 0. The second kappa shape index (κ2) is 5.19. The first kappa shape index (κ1) is 13.2. The molecule has 2 rings (SSSR count). The molecule has 0 aliphatic rings. The zero-order valence-corrected chi connectivity index (χ0v) is 9.99. The third-order valence-electron chi connectivity index (χ3n) is 2.13. The molecule has 0 saturated heterocycles. The van der Waals surface area contributed by atoms with Crippen LogP contribution in [0.1, 0.15) is 10.4 Å². The van der Waals surface area contributed by atoms with Gasteiger partial charge in [0.05, 0.1) is 5.56 Å². The summed E-state index contributed by atoms with van der Waals surface area (Å²) < 4.78 is 31.3. The van der Waals surface area contributed by atoms with Gasteiger partial charge in [-0.3, -0.25) is 0 Å². The zero-order chi connectivity index (χ0) is 14.0. The molecule has 0 saturated carbocycles. The fraction of sp³-hybridized carbons (Fsp3) is 0. The van der Waals surface area contributed by atoms with Crippen molar-refractivity contribution in [1.82, 2.24) is 4.98 Å². The third kappa shape index (κ3) is 3.17. The molecule has 0 fully saturated rings. The lowest BCUT2D eigenvalue weighted by Gasteiger charge is -2.07. The summed E-state index contributed by atoms with van der Waals surface area (Å²) in [5.41, 5.74) is -0.174. The van der Waals surface area contributed by atoms with E-state index in [1.54, 1.807) is 0 Å². The van der Waals surface area contributed by atoms with Crippen LogP contribution < -0.4 is 4.74 Å². The maximum absolute atomic E-state index is 13.3. The molecule has 98 valence electrons. The molecule has 0 bridgehead atoms. The number of carboxylic acid groups (broad SMARTS) is 1. The first-order chi connectivity index (χ1) is 8.95. The maximum Gasteiger partial charge on any atom is 0.335 e. The predicted molar refractivity (Wildman–Crippen MR) is 62.6 cm³/mol. The highest BCUT2D eigenvalue weighted by Crippen LogP contribution is 2.26. The van der Waals surface area contributed by atoms with Crippen LogP contribution in [0.4, 0.5) is 8.78 Å². The molecule has 0 spiro atoms. The highest BCUT2D eigenvalue weighted by atomic mass is 35.5. The second-order valence-corrected chi connectivity index (χ2v) is 3.89. The van der Waals surface area contributed by atoms with Crippen LogP contribution in [-0.4, -0.2) is 16.1 Å². The van der Waals surface area contributed by atoms with Crippen molar-refractivity contribution in [3.63, 3.8) is 0 Å². The minimum absolute atomic E-state index is 0.133. The van der Waals surface area contributed by atoms with Crippen LogP contribution in [0.5, 0.6) is 11.6 Å². The Hall–Kier alpha value is -2.21. The molecule has 4 nitrogen and oxygen atoms in total. The first-order valence-electron chi connectivity index (χ1n) is 4.99. The summed E-state index contributed by atoms with van der Waals surface area (Å²) in [4.78, 5) is 14.5. The Morgan fingerprint density at radius 2 is 2.00 bits per heavy atom. The fourth-order valence-corrected chi connectivity index (χ4v) is 1.52. The van der Waals surface area contributed by atoms with Gasteiger partial charge in [-0.15, -0.1) is 0 Å². The number of halogens is 3. The third-order valence-corrected chi connectivity index (χ3v) is 2.32. The Kier molecular flexibility index (Phi) is 3.62. The molecule has 1 heterocycles. The molecule has 0 unspecified atom stereocenters. The number of ether oxygens (including phenoxy) is 1. The van der Waals surface area contributed by atoms with E-state index < -0.39 is 23.4 Å². The van der Waals surface area contributed by atoms with E-state index in [0.717, 1.165) is 30.3 Å². The molecule has 0 radical (unpaired) electrons. The van der Waals surface area contributed by atoms with Crippen LogP contribution in [-0.2, 0) is 0 Å². The number of nitrogens with zero attached hydrogens (tertiary/aromatic N) is 1. The number of carbonyl (C=O) groups is 1. The summed E-state index contributed by atoms with van der Waals surface area (Å²) in [5, 5.41) is 8.69. The standard InChI is InChI=1S/C12H6ClF2NO3/c13-10-3-6(12(17)18)4-11(16-10)19-9-5-7(14)1-2-8(9)15/h1-5H,(H,17,18). The largest absolute Gasteiger partial charge is 0.478 e. The van der Waals surface area contributed by atoms with Crippen molar-refractivity contribution in [2.45, 2.75) is 0 Å². The lowest BCUT2D eigenvalue weighted by atomic mass is 10.3. The molecule has 0 aliphatic heterocycles. The molecular weight excluding hydrogens is 280 g/mol. The number of benzene rings is 1. The lowest BCUT2D eigenvalue weighted by Crippen LogP contribution is -1.99. The van der Waals surface area contributed by atoms with Gasteiger partial charge >= 0.3 is 5.97 Å². The van der Waals surface area contributed by atoms with E-state index in [2.05, 4.69) is 4.98 Å². The van der Waals surface area contributed by atoms with Crippen molar-refractivity contribution >= 4 is 17.6 Å². The molecule has 7 heteroatoms. The van der Waals surface area contributed by atoms with Gasteiger partial charge in [-0.25, -0.2) is 18.6 Å². The average molecular weight is 286 g/mol. The highest BCUT2D eigenvalue weighted by molar-refractivity contribution is 6.29. The number of hydrogen-bond acceptors (Lipinski definition) is 3. The van der Waals surface area contributed by atoms with Crippen molar-refractivity contribution in [2.75, 3.05) is 0 Å². The van der Waals surface area contributed by atoms with Gasteiger partial charge < -0.3 is 9.84 Å². The van der Waals surface area contributed by atoms with Gasteiger partial charge in [0.1, 0.15) is 11.0 Å². The number of carboxylic acids is 1. The minimum atomic E-state index is -1.24. The fourth-order valence-electron chi connectivity index (χ4n) is 1.32. The van der Waals surface area contributed by atoms with Crippen molar-refractivity contribution in [3.8, 4) is 11.6 Å². The molecular formula is C12H6ClF2NO3. The van der Waals surface area contributed by atoms with E-state index in [4.69, 9.17) is 21.4 Å². The molecule has 1 N–H and O–H groups in total. The van der Waals surface area contributed by atoms with E-state index in [1.165, 1.54) is 0 Å². The summed E-state index contributed by atoms with van der Waals surface area (Å²) >= 11 is 5.61. The van der Waals surface area contributed by atoms with Gasteiger partial charge in [-0.2, -0.15) is 0 Å². The minimum Gasteiger partial charge on any atom is -0.478 e. The van der Waals surface area contributed by atoms with Crippen molar-refractivity contribution in [1.29, 1.82) is 0 Å². The summed E-state index contributed by atoms with van der Waals surface area (Å²) in [6, 6.07) is 4.79.